The predicted octanol–water partition coefficient (Wildman–Crippen LogP) is 3.24. The van der Waals surface area contributed by atoms with E-state index in [0.29, 0.717) is 11.3 Å². The highest BCUT2D eigenvalue weighted by Gasteiger charge is 2.15. The summed E-state index contributed by atoms with van der Waals surface area (Å²) in [6, 6.07) is 15.7. The average Bonchev–Trinajstić information content (AvgIpc) is 2.97. The van der Waals surface area contributed by atoms with Gasteiger partial charge >= 0.3 is 5.76 Å². The lowest BCUT2D eigenvalue weighted by Gasteiger charge is -2.01. The highest BCUT2D eigenvalue weighted by Crippen LogP contribution is 2.24. The first-order valence-electron chi connectivity index (χ1n) is 7.38. The van der Waals surface area contributed by atoms with Crippen LogP contribution in [0.15, 0.2) is 70.0 Å². The molecule has 0 radical (unpaired) electrons. The molecule has 2 aromatic carbocycles. The Hall–Kier alpha value is -3.28. The van der Waals surface area contributed by atoms with Crippen molar-refractivity contribution < 1.29 is 8.81 Å². The molecule has 0 saturated heterocycles. The second kappa shape index (κ2) is 5.73. The van der Waals surface area contributed by atoms with Crippen LogP contribution in [0, 0.1) is 5.82 Å². The number of hydrogen-bond acceptors (Lipinski definition) is 4. The van der Waals surface area contributed by atoms with Gasteiger partial charge in [-0.2, -0.15) is 4.68 Å². The lowest BCUT2D eigenvalue weighted by atomic mass is 10.1. The molecule has 2 aromatic heterocycles. The molecular weight excluding hydrogens is 309 g/mol. The Kier molecular flexibility index (Phi) is 3.42. The second-order valence-corrected chi connectivity index (χ2v) is 5.30. The third-order valence-corrected chi connectivity index (χ3v) is 3.76. The molecule has 0 saturated carbocycles. The molecule has 0 amide bonds. The molecule has 2 heterocycles. The fraction of sp³-hybridized carbons (Fsp3) is 0.0556. The van der Waals surface area contributed by atoms with Crippen LogP contribution in [0.2, 0.25) is 0 Å². The molecule has 118 valence electrons. The number of fused-ring (bicyclic) bond motifs is 1. The van der Waals surface area contributed by atoms with Gasteiger partial charge in [-0.1, -0.05) is 42.5 Å². The van der Waals surface area contributed by atoms with Gasteiger partial charge < -0.3 is 4.42 Å². The molecule has 6 heteroatoms. The molecule has 0 aliphatic heterocycles. The SMILES string of the molecule is O=c1oc(-c2nccc3ccccc23)nn1Cc1ccccc1F. The molecule has 0 N–H and O–H groups in total. The fourth-order valence-electron chi connectivity index (χ4n) is 2.58. The lowest BCUT2D eigenvalue weighted by molar-refractivity contribution is 0.489. The number of hydrogen-bond donors (Lipinski definition) is 0. The summed E-state index contributed by atoms with van der Waals surface area (Å²) in [6.45, 7) is -0.000225. The van der Waals surface area contributed by atoms with Crippen LogP contribution >= 0.6 is 0 Å². The van der Waals surface area contributed by atoms with Crippen LogP contribution < -0.4 is 5.76 Å². The number of nitrogens with zero attached hydrogens (tertiary/aromatic N) is 3. The van der Waals surface area contributed by atoms with Crippen molar-refractivity contribution in [2.24, 2.45) is 0 Å². The van der Waals surface area contributed by atoms with Crippen molar-refractivity contribution in [1.82, 2.24) is 14.8 Å². The maximum Gasteiger partial charge on any atom is 0.437 e. The number of aromatic nitrogens is 3. The van der Waals surface area contributed by atoms with E-state index in [4.69, 9.17) is 4.42 Å². The lowest BCUT2D eigenvalue weighted by Crippen LogP contribution is -2.17. The van der Waals surface area contributed by atoms with Gasteiger partial charge in [-0.15, -0.1) is 5.10 Å². The highest BCUT2D eigenvalue weighted by atomic mass is 19.1. The zero-order chi connectivity index (χ0) is 16.5. The molecule has 0 unspecified atom stereocenters. The van der Waals surface area contributed by atoms with Gasteiger partial charge in [0.15, 0.2) is 0 Å². The van der Waals surface area contributed by atoms with Gasteiger partial charge in [-0.3, -0.25) is 4.98 Å². The summed E-state index contributed by atoms with van der Waals surface area (Å²) >= 11 is 0. The van der Waals surface area contributed by atoms with Crippen molar-refractivity contribution in [2.75, 3.05) is 0 Å². The van der Waals surface area contributed by atoms with Crippen molar-refractivity contribution in [1.29, 1.82) is 0 Å². The third-order valence-electron chi connectivity index (χ3n) is 3.76. The summed E-state index contributed by atoms with van der Waals surface area (Å²) in [5, 5.41) is 5.97. The first kappa shape index (κ1) is 14.3. The fourth-order valence-corrected chi connectivity index (χ4v) is 2.58. The van der Waals surface area contributed by atoms with E-state index in [1.165, 1.54) is 6.07 Å². The quantitative estimate of drug-likeness (QED) is 0.581. The van der Waals surface area contributed by atoms with Crippen LogP contribution in [-0.2, 0) is 6.54 Å². The molecule has 0 aliphatic rings. The van der Waals surface area contributed by atoms with Crippen LogP contribution in [0.1, 0.15) is 5.56 Å². The molecule has 4 rings (SSSR count). The van der Waals surface area contributed by atoms with Crippen LogP contribution in [0.25, 0.3) is 22.4 Å². The first-order chi connectivity index (χ1) is 11.7. The summed E-state index contributed by atoms with van der Waals surface area (Å²) in [6.07, 6.45) is 1.63. The van der Waals surface area contributed by atoms with Crippen LogP contribution in [0.4, 0.5) is 4.39 Å². The molecule has 0 spiro atoms. The van der Waals surface area contributed by atoms with E-state index >= 15 is 0 Å². The zero-order valence-electron chi connectivity index (χ0n) is 12.5. The van der Waals surface area contributed by atoms with Gasteiger partial charge in [0.2, 0.25) is 0 Å². The number of pyridine rings is 1. The predicted molar refractivity (Wildman–Crippen MR) is 87.0 cm³/mol. The smallest absolute Gasteiger partial charge is 0.386 e. The normalized spacial score (nSPS) is 11.0. The molecule has 0 aliphatic carbocycles. The van der Waals surface area contributed by atoms with Gasteiger partial charge in [0.25, 0.3) is 5.89 Å². The van der Waals surface area contributed by atoms with Crippen molar-refractivity contribution in [3.8, 4) is 11.6 Å². The number of rotatable bonds is 3. The Balaban J connectivity index is 1.78. The van der Waals surface area contributed by atoms with Crippen LogP contribution in [0.3, 0.4) is 0 Å². The summed E-state index contributed by atoms with van der Waals surface area (Å²) < 4.78 is 20.1. The standard InChI is InChI=1S/C18H12FN3O2/c19-15-8-4-2-6-13(15)11-22-18(23)24-17(21-22)16-14-7-3-1-5-12(14)9-10-20-16/h1-10H,11H2. The minimum atomic E-state index is -0.650. The monoisotopic (exact) mass is 321 g/mol. The van der Waals surface area contributed by atoms with E-state index in [1.54, 1.807) is 24.4 Å². The molecule has 0 atom stereocenters. The number of benzene rings is 2. The first-order valence-corrected chi connectivity index (χ1v) is 7.38. The topological polar surface area (TPSA) is 60.9 Å². The van der Waals surface area contributed by atoms with Gasteiger partial charge in [0, 0.05) is 17.1 Å². The van der Waals surface area contributed by atoms with E-state index in [9.17, 15) is 9.18 Å². The van der Waals surface area contributed by atoms with E-state index in [-0.39, 0.29) is 12.4 Å². The molecule has 0 fully saturated rings. The molecule has 0 bridgehead atoms. The summed E-state index contributed by atoms with van der Waals surface area (Å²) in [5.74, 6) is -0.923. The van der Waals surface area contributed by atoms with E-state index in [1.807, 2.05) is 30.3 Å². The van der Waals surface area contributed by atoms with Gasteiger partial charge in [0.1, 0.15) is 11.5 Å². The maximum atomic E-state index is 13.8. The molecule has 4 aromatic rings. The van der Waals surface area contributed by atoms with Crippen molar-refractivity contribution in [2.45, 2.75) is 6.54 Å². The molecule has 24 heavy (non-hydrogen) atoms. The van der Waals surface area contributed by atoms with E-state index in [2.05, 4.69) is 10.1 Å². The summed E-state index contributed by atoms with van der Waals surface area (Å²) in [5.41, 5.74) is 0.850. The Bertz CT molecular complexity index is 1080. The third kappa shape index (κ3) is 2.48. The van der Waals surface area contributed by atoms with E-state index < -0.39 is 11.6 Å². The Morgan fingerprint density at radius 2 is 1.83 bits per heavy atom. The maximum absolute atomic E-state index is 13.8. The van der Waals surface area contributed by atoms with Crippen molar-refractivity contribution in [3.05, 3.63) is 82.7 Å². The highest BCUT2D eigenvalue weighted by molar-refractivity contribution is 5.92. The second-order valence-electron chi connectivity index (χ2n) is 5.30. The van der Waals surface area contributed by atoms with Crippen LogP contribution in [0.5, 0.6) is 0 Å². The Labute approximate surface area is 136 Å². The van der Waals surface area contributed by atoms with Crippen molar-refractivity contribution in [3.63, 3.8) is 0 Å². The van der Waals surface area contributed by atoms with Gasteiger partial charge in [0.05, 0.1) is 6.54 Å². The largest absolute Gasteiger partial charge is 0.437 e. The Morgan fingerprint density at radius 3 is 2.71 bits per heavy atom. The van der Waals surface area contributed by atoms with Crippen LogP contribution in [-0.4, -0.2) is 14.8 Å². The minimum absolute atomic E-state index is 0.000225. The minimum Gasteiger partial charge on any atom is -0.386 e. The Morgan fingerprint density at radius 1 is 1.04 bits per heavy atom. The van der Waals surface area contributed by atoms with E-state index in [0.717, 1.165) is 15.5 Å². The molecule has 5 nitrogen and oxygen atoms in total. The van der Waals surface area contributed by atoms with Crippen molar-refractivity contribution >= 4 is 10.8 Å². The summed E-state index contributed by atoms with van der Waals surface area (Å²) in [7, 11) is 0. The number of halogens is 1. The summed E-state index contributed by atoms with van der Waals surface area (Å²) in [4.78, 5) is 16.3. The van der Waals surface area contributed by atoms with Gasteiger partial charge in [-0.25, -0.2) is 9.18 Å². The molecular formula is C18H12FN3O2. The zero-order valence-corrected chi connectivity index (χ0v) is 12.5. The average molecular weight is 321 g/mol. The van der Waals surface area contributed by atoms with Gasteiger partial charge in [-0.05, 0) is 17.5 Å².